The number of amides is 3. The summed E-state index contributed by atoms with van der Waals surface area (Å²) in [6.07, 6.45) is 0.807. The Morgan fingerprint density at radius 1 is 0.939 bits per heavy atom. The van der Waals surface area contributed by atoms with E-state index in [1.165, 1.54) is 0 Å². The van der Waals surface area contributed by atoms with Gasteiger partial charge in [-0.1, -0.05) is 27.7 Å². The molecule has 13 heteroatoms. The van der Waals surface area contributed by atoms with Crippen LogP contribution in [0.25, 0.3) is 0 Å². The van der Waals surface area contributed by atoms with Gasteiger partial charge in [-0.25, -0.2) is 4.79 Å². The number of aliphatic carboxylic acids is 1. The average molecular weight is 490 g/mol. The number of carbonyl (C=O) groups is 4. The predicted octanol–water partition coefficient (Wildman–Crippen LogP) is -1.46. The lowest BCUT2D eigenvalue weighted by Crippen LogP contribution is -2.58. The highest BCUT2D eigenvalue weighted by atomic mass is 32.1. The molecule has 33 heavy (non-hydrogen) atoms. The normalized spacial score (nSPS) is 14.7. The third kappa shape index (κ3) is 12.3. The van der Waals surface area contributed by atoms with Gasteiger partial charge >= 0.3 is 5.97 Å². The number of nitrogens with one attached hydrogen (secondary N) is 3. The maximum Gasteiger partial charge on any atom is 0.326 e. The fourth-order valence-electron chi connectivity index (χ4n) is 2.88. The highest BCUT2D eigenvalue weighted by molar-refractivity contribution is 7.80. The van der Waals surface area contributed by atoms with Gasteiger partial charge in [0.1, 0.15) is 18.1 Å². The van der Waals surface area contributed by atoms with Crippen LogP contribution in [0.3, 0.4) is 0 Å². The number of carboxylic acids is 1. The van der Waals surface area contributed by atoms with Crippen molar-refractivity contribution >= 4 is 42.3 Å². The van der Waals surface area contributed by atoms with Crippen LogP contribution < -0.4 is 33.2 Å². The van der Waals surface area contributed by atoms with Gasteiger partial charge in [0.15, 0.2) is 5.96 Å². The van der Waals surface area contributed by atoms with Gasteiger partial charge in [-0.15, -0.1) is 0 Å². The van der Waals surface area contributed by atoms with Gasteiger partial charge in [0.05, 0.1) is 6.04 Å². The Labute approximate surface area is 200 Å². The van der Waals surface area contributed by atoms with Crippen LogP contribution in [-0.2, 0) is 19.2 Å². The molecule has 4 unspecified atom stereocenters. The summed E-state index contributed by atoms with van der Waals surface area (Å²) in [4.78, 5) is 53.4. The first kappa shape index (κ1) is 30.5. The van der Waals surface area contributed by atoms with Crippen molar-refractivity contribution in [2.24, 2.45) is 34.0 Å². The third-order valence-corrected chi connectivity index (χ3v) is 5.08. The van der Waals surface area contributed by atoms with E-state index in [4.69, 9.17) is 17.2 Å². The summed E-state index contributed by atoms with van der Waals surface area (Å²) in [6.45, 7) is 7.29. The van der Waals surface area contributed by atoms with Gasteiger partial charge in [0.25, 0.3) is 0 Å². The molecule has 12 nitrogen and oxygen atoms in total. The van der Waals surface area contributed by atoms with E-state index in [2.05, 4.69) is 33.6 Å². The van der Waals surface area contributed by atoms with Crippen LogP contribution in [0.5, 0.6) is 0 Å². The van der Waals surface area contributed by atoms with Crippen molar-refractivity contribution < 1.29 is 24.3 Å². The molecule has 0 bridgehead atoms. The van der Waals surface area contributed by atoms with Gasteiger partial charge in [0.2, 0.25) is 17.7 Å². The van der Waals surface area contributed by atoms with Crippen LogP contribution in [0.15, 0.2) is 4.99 Å². The van der Waals surface area contributed by atoms with Gasteiger partial charge in [-0.05, 0) is 31.1 Å². The number of carboxylic acid groups (broad SMARTS) is 1. The van der Waals surface area contributed by atoms with Crippen LogP contribution in [-0.4, -0.2) is 71.2 Å². The van der Waals surface area contributed by atoms with Gasteiger partial charge in [0, 0.05) is 12.3 Å². The molecule has 0 aliphatic carbocycles. The first-order chi connectivity index (χ1) is 15.3. The van der Waals surface area contributed by atoms with Crippen molar-refractivity contribution in [1.82, 2.24) is 16.0 Å². The number of aliphatic imine (C=N–C) groups is 1. The fourth-order valence-corrected chi connectivity index (χ4v) is 3.04. The summed E-state index contributed by atoms with van der Waals surface area (Å²) in [5.74, 6) is -3.28. The largest absolute Gasteiger partial charge is 0.480 e. The second-order valence-corrected chi connectivity index (χ2v) is 8.92. The fraction of sp³-hybridized carbons (Fsp3) is 0.750. The molecule has 0 aliphatic heterocycles. The number of guanidine groups is 1. The molecule has 3 amide bonds. The molecule has 0 saturated heterocycles. The molecule has 0 heterocycles. The van der Waals surface area contributed by atoms with Gasteiger partial charge < -0.3 is 38.3 Å². The average Bonchev–Trinajstić information content (AvgIpc) is 2.71. The topological polar surface area (TPSA) is 215 Å². The molecule has 0 spiro atoms. The van der Waals surface area contributed by atoms with E-state index in [1.54, 1.807) is 13.8 Å². The summed E-state index contributed by atoms with van der Waals surface area (Å²) in [7, 11) is 0. The lowest BCUT2D eigenvalue weighted by molar-refractivity contribution is -0.143. The Morgan fingerprint density at radius 3 is 1.94 bits per heavy atom. The minimum atomic E-state index is -1.19. The monoisotopic (exact) mass is 489 g/mol. The maximum absolute atomic E-state index is 13.0. The molecule has 0 aromatic carbocycles. The van der Waals surface area contributed by atoms with E-state index < -0.39 is 47.9 Å². The van der Waals surface area contributed by atoms with Crippen molar-refractivity contribution in [3.05, 3.63) is 0 Å². The minimum absolute atomic E-state index is 0.0553. The number of rotatable bonds is 15. The summed E-state index contributed by atoms with van der Waals surface area (Å²) < 4.78 is 0. The molecular formula is C20H39N7O5S. The smallest absolute Gasteiger partial charge is 0.326 e. The Bertz CT molecular complexity index is 698. The standard InChI is InChI=1S/C20H39N7O5S/c1-10(2)8-14(26-16(28)12(21)9-33)18(30)25-13(6-5-7-24-20(22)23)17(29)27-15(11(3)4)19(31)32/h10-15,33H,5-9,21H2,1-4H3,(H,25,30)(H,26,28)(H,27,29)(H,31,32)(H4,22,23,24). The molecule has 190 valence electrons. The summed E-state index contributed by atoms with van der Waals surface area (Å²) in [5.41, 5.74) is 16.3. The third-order valence-electron chi connectivity index (χ3n) is 4.68. The number of thiol groups is 1. The Kier molecular flexibility index (Phi) is 14.1. The zero-order valence-corrected chi connectivity index (χ0v) is 20.6. The summed E-state index contributed by atoms with van der Waals surface area (Å²) in [5, 5.41) is 17.1. The quantitative estimate of drug-likeness (QED) is 0.0587. The van der Waals surface area contributed by atoms with E-state index in [9.17, 15) is 24.3 Å². The second-order valence-electron chi connectivity index (χ2n) is 8.56. The number of nitrogens with two attached hydrogens (primary N) is 3. The van der Waals surface area contributed by atoms with Crippen LogP contribution in [0, 0.1) is 11.8 Å². The lowest BCUT2D eigenvalue weighted by atomic mass is 10.0. The van der Waals surface area contributed by atoms with Gasteiger partial charge in [-0.2, -0.15) is 12.6 Å². The van der Waals surface area contributed by atoms with Crippen LogP contribution in [0.1, 0.15) is 47.0 Å². The zero-order chi connectivity index (χ0) is 25.7. The molecule has 0 radical (unpaired) electrons. The molecule has 0 aromatic heterocycles. The summed E-state index contributed by atoms with van der Waals surface area (Å²) in [6, 6.07) is -4.01. The van der Waals surface area contributed by atoms with E-state index in [0.29, 0.717) is 12.8 Å². The first-order valence-corrected chi connectivity index (χ1v) is 11.5. The predicted molar refractivity (Wildman–Crippen MR) is 129 cm³/mol. The van der Waals surface area contributed by atoms with Crippen molar-refractivity contribution in [2.75, 3.05) is 12.3 Å². The lowest BCUT2D eigenvalue weighted by Gasteiger charge is -2.26. The minimum Gasteiger partial charge on any atom is -0.480 e. The van der Waals surface area contributed by atoms with E-state index in [1.807, 2.05) is 13.8 Å². The Hall–Kier alpha value is -2.54. The molecular weight excluding hydrogens is 450 g/mol. The van der Waals surface area contributed by atoms with Crippen molar-refractivity contribution in [2.45, 2.75) is 71.1 Å². The summed E-state index contributed by atoms with van der Waals surface area (Å²) >= 11 is 3.99. The van der Waals surface area contributed by atoms with E-state index in [0.717, 1.165) is 0 Å². The number of carbonyl (C=O) groups excluding carboxylic acids is 3. The molecule has 0 aliphatic rings. The van der Waals surface area contributed by atoms with Crippen molar-refractivity contribution in [3.63, 3.8) is 0 Å². The SMILES string of the molecule is CC(C)CC(NC(=O)C(N)CS)C(=O)NC(CCCN=C(N)N)C(=O)NC(C(=O)O)C(C)C. The highest BCUT2D eigenvalue weighted by Crippen LogP contribution is 2.09. The second kappa shape index (κ2) is 15.3. The Morgan fingerprint density at radius 2 is 1.48 bits per heavy atom. The maximum atomic E-state index is 13.0. The number of nitrogens with zero attached hydrogens (tertiary/aromatic N) is 1. The first-order valence-electron chi connectivity index (χ1n) is 10.9. The molecule has 0 fully saturated rings. The molecule has 4 atom stereocenters. The van der Waals surface area contributed by atoms with Crippen LogP contribution in [0.2, 0.25) is 0 Å². The Balaban J connectivity index is 5.57. The molecule has 0 rings (SSSR count). The van der Waals surface area contributed by atoms with Crippen molar-refractivity contribution in [3.8, 4) is 0 Å². The molecule has 0 saturated carbocycles. The van der Waals surface area contributed by atoms with E-state index >= 15 is 0 Å². The number of hydrogen-bond donors (Lipinski definition) is 8. The van der Waals surface area contributed by atoms with Crippen LogP contribution >= 0.6 is 12.6 Å². The van der Waals surface area contributed by atoms with Gasteiger partial charge in [-0.3, -0.25) is 19.4 Å². The molecule has 10 N–H and O–H groups in total. The van der Waals surface area contributed by atoms with Crippen LogP contribution in [0.4, 0.5) is 0 Å². The van der Waals surface area contributed by atoms with E-state index in [-0.39, 0.29) is 36.5 Å². The highest BCUT2D eigenvalue weighted by Gasteiger charge is 2.31. The zero-order valence-electron chi connectivity index (χ0n) is 19.7. The number of hydrogen-bond acceptors (Lipinski definition) is 7. The molecule has 0 aromatic rings. The van der Waals surface area contributed by atoms with Crippen molar-refractivity contribution in [1.29, 1.82) is 0 Å².